The smallest absolute Gasteiger partial charge is 0.434 e. The van der Waals surface area contributed by atoms with E-state index in [0.717, 1.165) is 11.0 Å². The second kappa shape index (κ2) is 5.36. The number of carbonyl (C=O) groups is 2. The first kappa shape index (κ1) is 17.0. The molecule has 1 heterocycles. The van der Waals surface area contributed by atoms with Gasteiger partial charge in [-0.25, -0.2) is 4.79 Å². The van der Waals surface area contributed by atoms with E-state index in [0.29, 0.717) is 0 Å². The normalized spacial score (nSPS) is 16.7. The van der Waals surface area contributed by atoms with Gasteiger partial charge in [-0.3, -0.25) is 4.79 Å². The van der Waals surface area contributed by atoms with E-state index in [9.17, 15) is 22.8 Å². The molecule has 124 valence electrons. The Hall–Kier alpha value is -2.38. The lowest BCUT2D eigenvalue weighted by Crippen LogP contribution is -2.28. The van der Waals surface area contributed by atoms with Crippen LogP contribution in [-0.2, 0) is 15.7 Å². The molecular formula is C15H15F3N2O3. The number of nitrogens with zero attached hydrogens (tertiary/aromatic N) is 2. The van der Waals surface area contributed by atoms with Gasteiger partial charge in [-0.1, -0.05) is 12.1 Å². The van der Waals surface area contributed by atoms with E-state index in [1.807, 2.05) is 0 Å². The molecule has 0 saturated heterocycles. The number of ether oxygens (including phenoxy) is 1. The molecule has 1 aliphatic heterocycles. The van der Waals surface area contributed by atoms with Crippen molar-refractivity contribution in [3.8, 4) is 0 Å². The molecule has 0 N–H and O–H groups in total. The zero-order valence-electron chi connectivity index (χ0n) is 13.0. The fourth-order valence-electron chi connectivity index (χ4n) is 2.18. The molecule has 0 atom stereocenters. The summed E-state index contributed by atoms with van der Waals surface area (Å²) in [6.07, 6.45) is -5.65. The van der Waals surface area contributed by atoms with Gasteiger partial charge in [-0.05, 0) is 26.8 Å². The summed E-state index contributed by atoms with van der Waals surface area (Å²) in [6, 6.07) is 3.35. The maximum absolute atomic E-state index is 13.1. The van der Waals surface area contributed by atoms with Crippen LogP contribution in [0.3, 0.4) is 0 Å². The van der Waals surface area contributed by atoms with Crippen molar-refractivity contribution in [3.63, 3.8) is 0 Å². The topological polar surface area (TPSA) is 59.0 Å². The van der Waals surface area contributed by atoms with Gasteiger partial charge in [0, 0.05) is 12.6 Å². The Morgan fingerprint density at radius 1 is 1.22 bits per heavy atom. The average molecular weight is 328 g/mol. The number of halogens is 3. The third-order valence-electron chi connectivity index (χ3n) is 3.04. The molecule has 2 rings (SSSR count). The number of likely N-dealkylation sites (N-methyl/N-ethyl adjacent to an activating group) is 1. The predicted octanol–water partition coefficient (Wildman–Crippen LogP) is 3.41. The van der Waals surface area contributed by atoms with Crippen LogP contribution in [0.5, 0.6) is 0 Å². The number of fused-ring (bicyclic) bond motifs is 1. The number of anilines is 1. The van der Waals surface area contributed by atoms with E-state index in [4.69, 9.17) is 4.74 Å². The van der Waals surface area contributed by atoms with E-state index in [2.05, 4.69) is 4.99 Å². The van der Waals surface area contributed by atoms with Gasteiger partial charge in [-0.2, -0.15) is 18.2 Å². The summed E-state index contributed by atoms with van der Waals surface area (Å²) in [4.78, 5) is 28.3. The molecule has 5 nitrogen and oxygen atoms in total. The number of amides is 2. The van der Waals surface area contributed by atoms with Crippen molar-refractivity contribution >= 4 is 23.4 Å². The van der Waals surface area contributed by atoms with Gasteiger partial charge in [0.1, 0.15) is 11.3 Å². The van der Waals surface area contributed by atoms with Gasteiger partial charge in [-0.15, -0.1) is 0 Å². The van der Waals surface area contributed by atoms with Crippen molar-refractivity contribution in [2.24, 2.45) is 4.99 Å². The molecule has 0 saturated carbocycles. The van der Waals surface area contributed by atoms with Crippen molar-refractivity contribution in [2.75, 3.05) is 11.9 Å². The molecule has 1 aliphatic rings. The highest BCUT2D eigenvalue weighted by atomic mass is 19.4. The van der Waals surface area contributed by atoms with Crippen molar-refractivity contribution < 1.29 is 27.5 Å². The Labute approximate surface area is 130 Å². The van der Waals surface area contributed by atoms with E-state index < -0.39 is 29.3 Å². The summed E-state index contributed by atoms with van der Waals surface area (Å²) >= 11 is 0. The SMILES string of the molecule is CN1C(=O)/C(=N\C(=O)OC(C)(C)C)c2cccc(C(F)(F)F)c21. The highest BCUT2D eigenvalue weighted by Gasteiger charge is 2.42. The first-order valence-electron chi connectivity index (χ1n) is 6.72. The zero-order chi connectivity index (χ0) is 17.6. The summed E-state index contributed by atoms with van der Waals surface area (Å²) in [5.41, 5.74) is -2.50. The maximum atomic E-state index is 13.1. The number of hydrogen-bond acceptors (Lipinski definition) is 3. The number of hydrogen-bond donors (Lipinski definition) is 0. The highest BCUT2D eigenvalue weighted by Crippen LogP contribution is 2.41. The van der Waals surface area contributed by atoms with Crippen molar-refractivity contribution in [2.45, 2.75) is 32.5 Å². The van der Waals surface area contributed by atoms with Crippen molar-refractivity contribution in [3.05, 3.63) is 29.3 Å². The molecule has 0 aromatic heterocycles. The number of para-hydroxylation sites is 1. The van der Waals surface area contributed by atoms with Crippen LogP contribution in [0.15, 0.2) is 23.2 Å². The molecule has 1 aromatic rings. The molecule has 2 amide bonds. The fourth-order valence-corrected chi connectivity index (χ4v) is 2.18. The first-order chi connectivity index (χ1) is 10.4. The average Bonchev–Trinajstić information content (AvgIpc) is 2.61. The molecule has 0 radical (unpaired) electrons. The molecule has 0 unspecified atom stereocenters. The van der Waals surface area contributed by atoms with E-state index in [1.54, 1.807) is 20.8 Å². The Balaban J connectivity index is 2.53. The quantitative estimate of drug-likeness (QED) is 0.733. The summed E-state index contributed by atoms with van der Waals surface area (Å²) in [5.74, 6) is -0.789. The summed E-state index contributed by atoms with van der Waals surface area (Å²) in [7, 11) is 1.20. The van der Waals surface area contributed by atoms with Crippen LogP contribution in [0.25, 0.3) is 0 Å². The Bertz CT molecular complexity index is 703. The Kier molecular flexibility index (Phi) is 3.96. The molecule has 0 spiro atoms. The summed E-state index contributed by atoms with van der Waals surface area (Å²) in [6.45, 7) is 4.84. The third kappa shape index (κ3) is 3.35. The van der Waals surface area contributed by atoms with Crippen LogP contribution in [0, 0.1) is 0 Å². The number of carbonyl (C=O) groups excluding carboxylic acids is 2. The van der Waals surface area contributed by atoms with Crippen LogP contribution < -0.4 is 4.90 Å². The molecule has 23 heavy (non-hydrogen) atoms. The lowest BCUT2D eigenvalue weighted by Gasteiger charge is -2.17. The van der Waals surface area contributed by atoms with E-state index in [1.165, 1.54) is 19.2 Å². The molecule has 8 heteroatoms. The van der Waals surface area contributed by atoms with Crippen molar-refractivity contribution in [1.82, 2.24) is 0 Å². The lowest BCUT2D eigenvalue weighted by atomic mass is 10.1. The summed E-state index contributed by atoms with van der Waals surface area (Å²) < 4.78 is 44.2. The lowest BCUT2D eigenvalue weighted by molar-refractivity contribution is -0.137. The minimum absolute atomic E-state index is 0.0433. The second-order valence-corrected chi connectivity index (χ2v) is 6.00. The van der Waals surface area contributed by atoms with Crippen LogP contribution in [0.2, 0.25) is 0 Å². The molecule has 1 aromatic carbocycles. The number of aliphatic imine (C=N–C) groups is 1. The Morgan fingerprint density at radius 2 is 1.83 bits per heavy atom. The minimum Gasteiger partial charge on any atom is -0.442 e. The minimum atomic E-state index is -4.62. The predicted molar refractivity (Wildman–Crippen MR) is 77.6 cm³/mol. The van der Waals surface area contributed by atoms with E-state index >= 15 is 0 Å². The van der Waals surface area contributed by atoms with Gasteiger partial charge in [0.2, 0.25) is 0 Å². The molecule has 0 bridgehead atoms. The van der Waals surface area contributed by atoms with Crippen LogP contribution in [0.4, 0.5) is 23.7 Å². The number of rotatable bonds is 0. The first-order valence-corrected chi connectivity index (χ1v) is 6.72. The van der Waals surface area contributed by atoms with Crippen LogP contribution >= 0.6 is 0 Å². The van der Waals surface area contributed by atoms with Gasteiger partial charge in [0.25, 0.3) is 5.91 Å². The maximum Gasteiger partial charge on any atom is 0.434 e. The standard InChI is InChI=1S/C15H15F3N2O3/c1-14(2,3)23-13(22)19-10-8-6-5-7-9(15(16,17)18)11(8)20(4)12(10)21/h5-7H,1-4H3/b19-10-. The fraction of sp³-hybridized carbons (Fsp3) is 0.400. The van der Waals surface area contributed by atoms with Gasteiger partial charge >= 0.3 is 12.3 Å². The third-order valence-corrected chi connectivity index (χ3v) is 3.04. The molecule has 0 aliphatic carbocycles. The summed E-state index contributed by atoms with van der Waals surface area (Å²) in [5, 5.41) is 0. The van der Waals surface area contributed by atoms with Crippen molar-refractivity contribution in [1.29, 1.82) is 0 Å². The zero-order valence-corrected chi connectivity index (χ0v) is 13.0. The van der Waals surface area contributed by atoms with Gasteiger partial charge in [0.15, 0.2) is 0 Å². The number of alkyl halides is 3. The monoisotopic (exact) mass is 328 g/mol. The Morgan fingerprint density at radius 3 is 2.35 bits per heavy atom. The van der Waals surface area contributed by atoms with Gasteiger partial charge < -0.3 is 9.64 Å². The largest absolute Gasteiger partial charge is 0.442 e. The number of benzene rings is 1. The highest BCUT2D eigenvalue weighted by molar-refractivity contribution is 6.55. The molecule has 0 fully saturated rings. The second-order valence-electron chi connectivity index (χ2n) is 6.00. The molecular weight excluding hydrogens is 313 g/mol. The van der Waals surface area contributed by atoms with Crippen LogP contribution in [-0.4, -0.2) is 30.4 Å². The van der Waals surface area contributed by atoms with Crippen LogP contribution in [0.1, 0.15) is 31.9 Å². The van der Waals surface area contributed by atoms with Gasteiger partial charge in [0.05, 0.1) is 11.3 Å². The van der Waals surface area contributed by atoms with E-state index in [-0.39, 0.29) is 17.0 Å².